The molecule has 0 unspecified atom stereocenters. The quantitative estimate of drug-likeness (QED) is 0.406. The van der Waals surface area contributed by atoms with Crippen LogP contribution in [0.3, 0.4) is 0 Å². The molecule has 2 N–H and O–H groups in total. The number of piperazine rings is 1. The fraction of sp³-hybridized carbons (Fsp3) is 0.393. The van der Waals surface area contributed by atoms with Gasteiger partial charge in [-0.2, -0.15) is 0 Å². The number of benzene rings is 1. The number of imidazole rings is 1. The van der Waals surface area contributed by atoms with Crippen molar-refractivity contribution in [1.82, 2.24) is 34.7 Å². The van der Waals surface area contributed by atoms with Crippen LogP contribution in [0.15, 0.2) is 48.9 Å². The molecule has 2 fully saturated rings. The summed E-state index contributed by atoms with van der Waals surface area (Å²) < 4.78 is 0. The molecule has 1 aliphatic carbocycles. The fourth-order valence-electron chi connectivity index (χ4n) is 5.19. The molecule has 1 atom stereocenters. The number of H-pyrrole nitrogens is 1. The Morgan fingerprint density at radius 2 is 1.89 bits per heavy atom. The molecule has 0 radical (unpaired) electrons. The van der Waals surface area contributed by atoms with E-state index in [1.54, 1.807) is 6.33 Å². The van der Waals surface area contributed by atoms with Gasteiger partial charge in [0.05, 0.1) is 16.7 Å². The van der Waals surface area contributed by atoms with Crippen LogP contribution in [0.1, 0.15) is 43.5 Å². The highest BCUT2D eigenvalue weighted by molar-refractivity contribution is 5.83. The summed E-state index contributed by atoms with van der Waals surface area (Å²) in [7, 11) is 0. The van der Waals surface area contributed by atoms with Crippen molar-refractivity contribution in [1.29, 1.82) is 0 Å². The molecule has 4 heterocycles. The van der Waals surface area contributed by atoms with Crippen LogP contribution in [0.5, 0.6) is 0 Å². The molecule has 1 aliphatic heterocycles. The molecular formula is C28H32N8O. The Morgan fingerprint density at radius 1 is 1.05 bits per heavy atom. The van der Waals surface area contributed by atoms with Gasteiger partial charge in [0, 0.05) is 55.6 Å². The largest absolute Gasteiger partial charge is 0.340 e. The van der Waals surface area contributed by atoms with Gasteiger partial charge in [0.25, 0.3) is 0 Å². The molecule has 1 aromatic carbocycles. The Morgan fingerprint density at radius 3 is 2.65 bits per heavy atom. The lowest BCUT2D eigenvalue weighted by atomic mass is 9.84. The molecule has 4 aromatic rings. The number of amides is 1. The van der Waals surface area contributed by atoms with E-state index in [0.29, 0.717) is 11.9 Å². The van der Waals surface area contributed by atoms with Gasteiger partial charge in [-0.25, -0.2) is 19.9 Å². The Balaban J connectivity index is 1.12. The highest BCUT2D eigenvalue weighted by atomic mass is 16.2. The standard InChI is InChI=1S/C28H32N8O/c1-18-14-24(31-17-30-18)22-6-7-23-25(15-22)33-28(32-23)34-26-16-21(8-9-29-26)19(2)35-10-12-36(13-11-35)27(37)20-4-3-5-20/h6-9,14-17,19-20H,3-5,10-13H2,1-2H3,(H2,29,32,33,34)/t19-/m0/s1. The van der Waals surface area contributed by atoms with Crippen molar-refractivity contribution in [3.8, 4) is 11.3 Å². The van der Waals surface area contributed by atoms with E-state index in [0.717, 1.165) is 72.8 Å². The predicted molar refractivity (Wildman–Crippen MR) is 143 cm³/mol. The van der Waals surface area contributed by atoms with E-state index in [1.807, 2.05) is 31.3 Å². The topological polar surface area (TPSA) is 103 Å². The summed E-state index contributed by atoms with van der Waals surface area (Å²) in [6, 6.07) is 12.4. The van der Waals surface area contributed by atoms with Crippen molar-refractivity contribution >= 4 is 28.7 Å². The SMILES string of the molecule is Cc1cc(-c2ccc3nc(Nc4cc([C@H](C)N5CCN(C(=O)C6CCC6)CC5)ccn4)[nH]c3c2)ncn1. The van der Waals surface area contributed by atoms with Crippen LogP contribution in [0, 0.1) is 12.8 Å². The van der Waals surface area contributed by atoms with Crippen molar-refractivity contribution in [2.45, 2.75) is 39.2 Å². The number of carbonyl (C=O) groups is 1. The molecular weight excluding hydrogens is 464 g/mol. The number of nitrogens with zero attached hydrogens (tertiary/aromatic N) is 6. The maximum Gasteiger partial charge on any atom is 0.225 e. The molecule has 3 aromatic heterocycles. The number of nitrogens with one attached hydrogen (secondary N) is 2. The van der Waals surface area contributed by atoms with Gasteiger partial charge in [0.1, 0.15) is 12.1 Å². The summed E-state index contributed by atoms with van der Waals surface area (Å²) in [5.74, 6) is 2.03. The van der Waals surface area contributed by atoms with Gasteiger partial charge in [0.2, 0.25) is 11.9 Å². The second-order valence-electron chi connectivity index (χ2n) is 10.1. The zero-order valence-electron chi connectivity index (χ0n) is 21.3. The number of rotatable bonds is 6. The number of carbonyl (C=O) groups excluding carboxylic acids is 1. The molecule has 0 bridgehead atoms. The number of hydrogen-bond donors (Lipinski definition) is 2. The maximum absolute atomic E-state index is 12.6. The van der Waals surface area contributed by atoms with Crippen LogP contribution in [-0.4, -0.2) is 66.8 Å². The van der Waals surface area contributed by atoms with E-state index >= 15 is 0 Å². The summed E-state index contributed by atoms with van der Waals surface area (Å²) in [5, 5.41) is 3.33. The molecule has 9 heteroatoms. The first-order valence-electron chi connectivity index (χ1n) is 13.1. The fourth-order valence-corrected chi connectivity index (χ4v) is 5.19. The Hall–Kier alpha value is -3.85. The molecule has 190 valence electrons. The van der Waals surface area contributed by atoms with Gasteiger partial charge < -0.3 is 15.2 Å². The molecule has 1 saturated heterocycles. The number of pyridine rings is 1. The van der Waals surface area contributed by atoms with E-state index in [9.17, 15) is 4.79 Å². The van der Waals surface area contributed by atoms with Crippen molar-refractivity contribution < 1.29 is 4.79 Å². The minimum Gasteiger partial charge on any atom is -0.340 e. The van der Waals surface area contributed by atoms with Crippen LogP contribution >= 0.6 is 0 Å². The molecule has 37 heavy (non-hydrogen) atoms. The number of fused-ring (bicyclic) bond motifs is 1. The Kier molecular flexibility index (Phi) is 6.30. The van der Waals surface area contributed by atoms with E-state index in [-0.39, 0.29) is 12.0 Å². The number of aryl methyl sites for hydroxylation is 1. The first kappa shape index (κ1) is 23.5. The Labute approximate surface area is 216 Å². The third-order valence-corrected chi connectivity index (χ3v) is 7.72. The zero-order chi connectivity index (χ0) is 25.4. The summed E-state index contributed by atoms with van der Waals surface area (Å²) in [6.07, 6.45) is 6.75. The van der Waals surface area contributed by atoms with Crippen molar-refractivity contribution in [3.63, 3.8) is 0 Å². The monoisotopic (exact) mass is 496 g/mol. The molecule has 1 amide bonds. The highest BCUT2D eigenvalue weighted by Gasteiger charge is 2.32. The second-order valence-corrected chi connectivity index (χ2v) is 10.1. The molecule has 2 aliphatic rings. The van der Waals surface area contributed by atoms with E-state index in [2.05, 4.69) is 65.2 Å². The lowest BCUT2D eigenvalue weighted by molar-refractivity contribution is -0.140. The van der Waals surface area contributed by atoms with E-state index < -0.39 is 0 Å². The summed E-state index contributed by atoms with van der Waals surface area (Å²) >= 11 is 0. The van der Waals surface area contributed by atoms with Crippen molar-refractivity contribution in [3.05, 3.63) is 60.2 Å². The van der Waals surface area contributed by atoms with Gasteiger partial charge in [0.15, 0.2) is 0 Å². The number of aromatic nitrogens is 5. The maximum atomic E-state index is 12.6. The van der Waals surface area contributed by atoms with Gasteiger partial charge in [-0.1, -0.05) is 12.5 Å². The van der Waals surface area contributed by atoms with Gasteiger partial charge >= 0.3 is 0 Å². The minimum absolute atomic E-state index is 0.235. The molecule has 0 spiro atoms. The predicted octanol–water partition coefficient (Wildman–Crippen LogP) is 4.47. The smallest absolute Gasteiger partial charge is 0.225 e. The lowest BCUT2D eigenvalue weighted by Crippen LogP contribution is -2.51. The third kappa shape index (κ3) is 4.91. The van der Waals surface area contributed by atoms with Crippen LogP contribution in [0.4, 0.5) is 11.8 Å². The summed E-state index contributed by atoms with van der Waals surface area (Å²) in [4.78, 5) is 38.2. The van der Waals surface area contributed by atoms with Gasteiger partial charge in [-0.3, -0.25) is 9.69 Å². The first-order chi connectivity index (χ1) is 18.0. The molecule has 9 nitrogen and oxygen atoms in total. The summed E-state index contributed by atoms with van der Waals surface area (Å²) in [6.45, 7) is 7.59. The lowest BCUT2D eigenvalue weighted by Gasteiger charge is -2.40. The average molecular weight is 497 g/mol. The van der Waals surface area contributed by atoms with Crippen LogP contribution in [0.2, 0.25) is 0 Å². The van der Waals surface area contributed by atoms with Crippen molar-refractivity contribution in [2.24, 2.45) is 5.92 Å². The zero-order valence-corrected chi connectivity index (χ0v) is 21.3. The van der Waals surface area contributed by atoms with E-state index in [4.69, 9.17) is 0 Å². The first-order valence-corrected chi connectivity index (χ1v) is 13.1. The van der Waals surface area contributed by atoms with Gasteiger partial charge in [-0.15, -0.1) is 0 Å². The minimum atomic E-state index is 0.235. The number of hydrogen-bond acceptors (Lipinski definition) is 7. The Bertz CT molecular complexity index is 1420. The number of aromatic amines is 1. The normalized spacial score (nSPS) is 17.5. The molecule has 6 rings (SSSR count). The van der Waals surface area contributed by atoms with E-state index in [1.165, 1.54) is 12.0 Å². The van der Waals surface area contributed by atoms with Crippen LogP contribution in [0.25, 0.3) is 22.3 Å². The highest BCUT2D eigenvalue weighted by Crippen LogP contribution is 2.30. The second kappa shape index (κ2) is 9.89. The molecule has 1 saturated carbocycles. The van der Waals surface area contributed by atoms with Crippen molar-refractivity contribution in [2.75, 3.05) is 31.5 Å². The van der Waals surface area contributed by atoms with Gasteiger partial charge in [-0.05, 0) is 62.6 Å². The van der Waals surface area contributed by atoms with Crippen LogP contribution in [-0.2, 0) is 4.79 Å². The van der Waals surface area contributed by atoms with Crippen LogP contribution < -0.4 is 5.32 Å². The number of anilines is 2. The summed E-state index contributed by atoms with van der Waals surface area (Å²) in [5.41, 5.74) is 5.81. The average Bonchev–Trinajstić information content (AvgIpc) is 3.29. The third-order valence-electron chi connectivity index (χ3n) is 7.72.